The van der Waals surface area contributed by atoms with Crippen LogP contribution in [0.4, 0.5) is 5.82 Å². The molecular formula is C14H23N3O2S. The lowest BCUT2D eigenvalue weighted by Crippen LogP contribution is -2.33. The second-order valence-corrected chi connectivity index (χ2v) is 7.16. The van der Waals surface area contributed by atoms with Crippen molar-refractivity contribution in [3.05, 3.63) is 18.3 Å². The van der Waals surface area contributed by atoms with Gasteiger partial charge in [0.15, 0.2) is 0 Å². The van der Waals surface area contributed by atoms with Crippen LogP contribution >= 0.6 is 0 Å². The maximum Gasteiger partial charge on any atom is 0.244 e. The van der Waals surface area contributed by atoms with E-state index in [1.165, 1.54) is 12.8 Å². The topological polar surface area (TPSA) is 71.1 Å². The van der Waals surface area contributed by atoms with Crippen molar-refractivity contribution in [2.24, 2.45) is 5.92 Å². The van der Waals surface area contributed by atoms with Crippen LogP contribution in [-0.2, 0) is 10.0 Å². The quantitative estimate of drug-likeness (QED) is 0.773. The minimum Gasteiger partial charge on any atom is -0.369 e. The number of anilines is 1. The van der Waals surface area contributed by atoms with Crippen LogP contribution in [-0.4, -0.2) is 26.0 Å². The maximum absolute atomic E-state index is 12.4. The van der Waals surface area contributed by atoms with Crippen molar-refractivity contribution >= 4 is 15.8 Å². The minimum absolute atomic E-state index is 0.0354. The summed E-state index contributed by atoms with van der Waals surface area (Å²) < 4.78 is 27.6. The van der Waals surface area contributed by atoms with Gasteiger partial charge in [-0.05, 0) is 37.8 Å². The zero-order chi connectivity index (χ0) is 14.6. The smallest absolute Gasteiger partial charge is 0.244 e. The summed E-state index contributed by atoms with van der Waals surface area (Å²) in [4.78, 5) is 4.37. The minimum atomic E-state index is -3.51. The Balaban J connectivity index is 2.10. The molecule has 20 heavy (non-hydrogen) atoms. The van der Waals surface area contributed by atoms with E-state index in [9.17, 15) is 8.42 Å². The zero-order valence-electron chi connectivity index (χ0n) is 12.1. The summed E-state index contributed by atoms with van der Waals surface area (Å²) >= 11 is 0. The Hall–Kier alpha value is -1.14. The summed E-state index contributed by atoms with van der Waals surface area (Å²) in [5.41, 5.74) is 0. The first-order valence-electron chi connectivity index (χ1n) is 7.24. The van der Waals surface area contributed by atoms with Crippen molar-refractivity contribution < 1.29 is 8.42 Å². The van der Waals surface area contributed by atoms with Gasteiger partial charge in [-0.2, -0.15) is 0 Å². The molecule has 1 unspecified atom stereocenters. The molecule has 0 saturated heterocycles. The van der Waals surface area contributed by atoms with Gasteiger partial charge < -0.3 is 5.32 Å². The Morgan fingerprint density at radius 3 is 2.85 bits per heavy atom. The number of aromatic nitrogens is 1. The highest BCUT2D eigenvalue weighted by Crippen LogP contribution is 2.33. The molecule has 1 aromatic heterocycles. The molecule has 0 bridgehead atoms. The third kappa shape index (κ3) is 4.18. The van der Waals surface area contributed by atoms with E-state index in [0.29, 0.717) is 18.3 Å². The van der Waals surface area contributed by atoms with E-state index in [1.807, 2.05) is 13.8 Å². The Kier molecular flexibility index (Phi) is 4.99. The molecule has 1 aliphatic carbocycles. The molecule has 1 aromatic rings. The maximum atomic E-state index is 12.4. The molecule has 0 spiro atoms. The lowest BCUT2D eigenvalue weighted by Gasteiger charge is -2.16. The third-order valence-electron chi connectivity index (χ3n) is 3.34. The molecule has 5 nitrogen and oxygen atoms in total. The number of nitrogens with zero attached hydrogens (tertiary/aromatic N) is 1. The first kappa shape index (κ1) is 15.3. The summed E-state index contributed by atoms with van der Waals surface area (Å²) in [6, 6.07) is 3.21. The van der Waals surface area contributed by atoms with Gasteiger partial charge in [0, 0.05) is 18.8 Å². The van der Waals surface area contributed by atoms with Crippen molar-refractivity contribution in [1.82, 2.24) is 9.71 Å². The molecule has 0 aromatic carbocycles. The lowest BCUT2D eigenvalue weighted by atomic mass is 10.2. The van der Waals surface area contributed by atoms with Crippen LogP contribution in [0.25, 0.3) is 0 Å². The standard InChI is InChI=1S/C14H23N3O2S/c1-3-8-15-14-13(5-4-9-16-14)20(18,19)17-11(2)10-12-6-7-12/h4-5,9,11-12,17H,3,6-8,10H2,1-2H3,(H,15,16). The fraction of sp³-hybridized carbons (Fsp3) is 0.643. The average Bonchev–Trinajstić information content (AvgIpc) is 3.19. The van der Waals surface area contributed by atoms with Gasteiger partial charge in [-0.3, -0.25) is 0 Å². The van der Waals surface area contributed by atoms with E-state index in [1.54, 1.807) is 18.3 Å². The van der Waals surface area contributed by atoms with Crippen molar-refractivity contribution in [2.45, 2.75) is 50.5 Å². The van der Waals surface area contributed by atoms with Crippen LogP contribution in [0.5, 0.6) is 0 Å². The van der Waals surface area contributed by atoms with Gasteiger partial charge in [-0.1, -0.05) is 19.8 Å². The molecule has 6 heteroatoms. The van der Waals surface area contributed by atoms with E-state index in [4.69, 9.17) is 0 Å². The van der Waals surface area contributed by atoms with Crippen LogP contribution in [0.2, 0.25) is 0 Å². The third-order valence-corrected chi connectivity index (χ3v) is 4.96. The Morgan fingerprint density at radius 2 is 2.20 bits per heavy atom. The van der Waals surface area contributed by atoms with Crippen molar-refractivity contribution in [1.29, 1.82) is 0 Å². The highest BCUT2D eigenvalue weighted by Gasteiger charge is 2.27. The molecule has 112 valence electrons. The van der Waals surface area contributed by atoms with Gasteiger partial charge in [-0.15, -0.1) is 0 Å². The number of pyridine rings is 1. The number of hydrogen-bond donors (Lipinski definition) is 2. The van der Waals surface area contributed by atoms with Crippen LogP contribution in [0.1, 0.15) is 39.5 Å². The molecule has 2 N–H and O–H groups in total. The normalized spacial score (nSPS) is 16.9. The van der Waals surface area contributed by atoms with Crippen LogP contribution in [0.15, 0.2) is 23.2 Å². The molecule has 1 aliphatic rings. The van der Waals surface area contributed by atoms with Gasteiger partial charge in [0.1, 0.15) is 10.7 Å². The van der Waals surface area contributed by atoms with Crippen LogP contribution in [0, 0.1) is 5.92 Å². The van der Waals surface area contributed by atoms with Gasteiger partial charge in [0.05, 0.1) is 0 Å². The number of rotatable bonds is 8. The lowest BCUT2D eigenvalue weighted by molar-refractivity contribution is 0.530. The molecule has 0 aliphatic heterocycles. The van der Waals surface area contributed by atoms with Crippen molar-refractivity contribution in [3.8, 4) is 0 Å². The van der Waals surface area contributed by atoms with E-state index in [2.05, 4.69) is 15.0 Å². The van der Waals surface area contributed by atoms with Gasteiger partial charge in [-0.25, -0.2) is 18.1 Å². The Labute approximate surface area is 121 Å². The molecule has 1 saturated carbocycles. The molecule has 1 atom stereocenters. The molecule has 1 heterocycles. The molecule has 2 rings (SSSR count). The monoisotopic (exact) mass is 297 g/mol. The summed E-state index contributed by atoms with van der Waals surface area (Å²) in [6.45, 7) is 4.66. The van der Waals surface area contributed by atoms with Gasteiger partial charge >= 0.3 is 0 Å². The molecule has 1 fully saturated rings. The summed E-state index contributed by atoms with van der Waals surface area (Å²) in [5.74, 6) is 1.12. The highest BCUT2D eigenvalue weighted by molar-refractivity contribution is 7.89. The first-order chi connectivity index (χ1) is 9.53. The van der Waals surface area contributed by atoms with E-state index in [0.717, 1.165) is 12.8 Å². The van der Waals surface area contributed by atoms with Crippen LogP contribution < -0.4 is 10.0 Å². The SMILES string of the molecule is CCCNc1ncccc1S(=O)(=O)NC(C)CC1CC1. The van der Waals surface area contributed by atoms with Crippen molar-refractivity contribution in [2.75, 3.05) is 11.9 Å². The largest absolute Gasteiger partial charge is 0.369 e. The Morgan fingerprint density at radius 1 is 1.45 bits per heavy atom. The summed E-state index contributed by atoms with van der Waals surface area (Å²) in [6.07, 6.45) is 5.88. The highest BCUT2D eigenvalue weighted by atomic mass is 32.2. The van der Waals surface area contributed by atoms with E-state index in [-0.39, 0.29) is 10.9 Å². The molecular weight excluding hydrogens is 274 g/mol. The molecule has 0 amide bonds. The predicted octanol–water partition coefficient (Wildman–Crippen LogP) is 2.37. The fourth-order valence-electron chi connectivity index (χ4n) is 2.21. The van der Waals surface area contributed by atoms with E-state index < -0.39 is 10.0 Å². The van der Waals surface area contributed by atoms with Crippen LogP contribution in [0.3, 0.4) is 0 Å². The van der Waals surface area contributed by atoms with Gasteiger partial charge in [0.2, 0.25) is 10.0 Å². The summed E-state index contributed by atoms with van der Waals surface area (Å²) in [7, 11) is -3.51. The number of nitrogens with one attached hydrogen (secondary N) is 2. The number of hydrogen-bond acceptors (Lipinski definition) is 4. The summed E-state index contributed by atoms with van der Waals surface area (Å²) in [5, 5.41) is 3.07. The van der Waals surface area contributed by atoms with Crippen molar-refractivity contribution in [3.63, 3.8) is 0 Å². The zero-order valence-corrected chi connectivity index (χ0v) is 12.9. The molecule has 0 radical (unpaired) electrons. The average molecular weight is 297 g/mol. The van der Waals surface area contributed by atoms with Gasteiger partial charge in [0.25, 0.3) is 0 Å². The number of sulfonamides is 1. The first-order valence-corrected chi connectivity index (χ1v) is 8.72. The second-order valence-electron chi connectivity index (χ2n) is 5.48. The predicted molar refractivity (Wildman–Crippen MR) is 80.1 cm³/mol. The second kappa shape index (κ2) is 6.54. The Bertz CT molecular complexity index is 541. The fourth-order valence-corrected chi connectivity index (χ4v) is 3.60. The van der Waals surface area contributed by atoms with E-state index >= 15 is 0 Å².